The Morgan fingerprint density at radius 3 is 2.18 bits per heavy atom. The van der Waals surface area contributed by atoms with Gasteiger partial charge < -0.3 is 15.7 Å². The third-order valence-corrected chi connectivity index (χ3v) is 3.17. The number of aromatic nitrogens is 1. The molecule has 0 fully saturated rings. The largest absolute Gasteiger partial charge is 0.465 e. The van der Waals surface area contributed by atoms with Crippen LogP contribution in [0.3, 0.4) is 0 Å². The fraction of sp³-hybridized carbons (Fsp3) is 0.0769. The molecule has 0 saturated heterocycles. The van der Waals surface area contributed by atoms with Gasteiger partial charge in [-0.15, -0.1) is 11.3 Å². The molecule has 9 heteroatoms. The normalized spacial score (nSPS) is 9.86. The fourth-order valence-electron chi connectivity index (χ4n) is 1.54. The van der Waals surface area contributed by atoms with Gasteiger partial charge in [-0.3, -0.25) is 14.9 Å². The van der Waals surface area contributed by atoms with Gasteiger partial charge in [0.1, 0.15) is 5.69 Å². The Hall–Kier alpha value is -2.94. The van der Waals surface area contributed by atoms with Crippen molar-refractivity contribution in [2.75, 3.05) is 16.0 Å². The van der Waals surface area contributed by atoms with E-state index in [1.165, 1.54) is 24.4 Å². The Labute approximate surface area is 129 Å². The van der Waals surface area contributed by atoms with E-state index in [2.05, 4.69) is 20.9 Å². The molecule has 0 saturated carbocycles. The highest BCUT2D eigenvalue weighted by molar-refractivity contribution is 7.14. The van der Waals surface area contributed by atoms with Crippen LogP contribution in [0.25, 0.3) is 0 Å². The van der Waals surface area contributed by atoms with Gasteiger partial charge in [0.2, 0.25) is 5.91 Å². The van der Waals surface area contributed by atoms with Crippen LogP contribution in [0.5, 0.6) is 0 Å². The molecular formula is C13H12N4O4S. The molecule has 8 nitrogen and oxygen atoms in total. The van der Waals surface area contributed by atoms with Gasteiger partial charge in [-0.1, -0.05) is 0 Å². The van der Waals surface area contributed by atoms with Gasteiger partial charge in [-0.2, -0.15) is 0 Å². The van der Waals surface area contributed by atoms with Crippen molar-refractivity contribution in [1.29, 1.82) is 0 Å². The van der Waals surface area contributed by atoms with Crippen molar-refractivity contribution >= 4 is 45.8 Å². The topological polar surface area (TPSA) is 120 Å². The summed E-state index contributed by atoms with van der Waals surface area (Å²) < 4.78 is 0. The van der Waals surface area contributed by atoms with Crippen LogP contribution >= 0.6 is 11.3 Å². The summed E-state index contributed by atoms with van der Waals surface area (Å²) in [5.74, 6) is -0.686. The van der Waals surface area contributed by atoms with E-state index in [0.717, 1.165) is 11.3 Å². The number of carbonyl (C=O) groups is 3. The van der Waals surface area contributed by atoms with E-state index in [0.29, 0.717) is 16.5 Å². The minimum absolute atomic E-state index is 0.182. The molecule has 2 rings (SSSR count). The standard InChI is InChI=1S/C13H12N4O4S/c1-7(18)14-12-17-10(6-22-12)11(19)15-8-2-4-9(5-3-8)16-13(20)21/h2-6,16H,1H3,(H,15,19)(H,20,21)(H,14,17,18). The summed E-state index contributed by atoms with van der Waals surface area (Å²) in [6.07, 6.45) is -1.16. The number of thiazole rings is 1. The molecule has 0 aliphatic rings. The molecule has 0 bridgehead atoms. The van der Waals surface area contributed by atoms with E-state index in [1.807, 2.05) is 0 Å². The zero-order valence-corrected chi connectivity index (χ0v) is 12.2. The molecular weight excluding hydrogens is 308 g/mol. The first-order chi connectivity index (χ1) is 10.4. The molecule has 0 unspecified atom stereocenters. The van der Waals surface area contributed by atoms with Gasteiger partial charge in [-0.05, 0) is 24.3 Å². The molecule has 22 heavy (non-hydrogen) atoms. The van der Waals surface area contributed by atoms with E-state index < -0.39 is 12.0 Å². The number of carboxylic acid groups (broad SMARTS) is 1. The van der Waals surface area contributed by atoms with E-state index in [1.54, 1.807) is 12.1 Å². The van der Waals surface area contributed by atoms with Gasteiger partial charge in [-0.25, -0.2) is 9.78 Å². The number of hydrogen-bond donors (Lipinski definition) is 4. The van der Waals surface area contributed by atoms with Crippen LogP contribution in [0.2, 0.25) is 0 Å². The molecule has 0 aliphatic carbocycles. The Morgan fingerprint density at radius 1 is 1.05 bits per heavy atom. The van der Waals surface area contributed by atoms with Crippen LogP contribution in [0, 0.1) is 0 Å². The number of carbonyl (C=O) groups excluding carboxylic acids is 2. The van der Waals surface area contributed by atoms with E-state index in [4.69, 9.17) is 5.11 Å². The number of nitrogens with one attached hydrogen (secondary N) is 3. The second kappa shape index (κ2) is 6.68. The molecule has 0 atom stereocenters. The third kappa shape index (κ3) is 4.28. The van der Waals surface area contributed by atoms with Crippen LogP contribution in [-0.4, -0.2) is 28.0 Å². The van der Waals surface area contributed by atoms with Crippen molar-refractivity contribution in [2.24, 2.45) is 0 Å². The van der Waals surface area contributed by atoms with E-state index in [-0.39, 0.29) is 11.6 Å². The van der Waals surface area contributed by atoms with Crippen LogP contribution < -0.4 is 16.0 Å². The first-order valence-electron chi connectivity index (χ1n) is 6.08. The van der Waals surface area contributed by atoms with Gasteiger partial charge in [0.25, 0.3) is 5.91 Å². The smallest absolute Gasteiger partial charge is 0.409 e. The molecule has 0 aliphatic heterocycles. The average molecular weight is 320 g/mol. The minimum atomic E-state index is -1.16. The minimum Gasteiger partial charge on any atom is -0.465 e. The lowest BCUT2D eigenvalue weighted by molar-refractivity contribution is -0.114. The number of rotatable bonds is 4. The number of anilines is 3. The Kier molecular flexibility index (Phi) is 4.69. The van der Waals surface area contributed by atoms with Crippen molar-refractivity contribution in [3.63, 3.8) is 0 Å². The quantitative estimate of drug-likeness (QED) is 0.689. The maximum atomic E-state index is 12.0. The maximum absolute atomic E-state index is 12.0. The monoisotopic (exact) mass is 320 g/mol. The van der Waals surface area contributed by atoms with Crippen LogP contribution in [0.1, 0.15) is 17.4 Å². The molecule has 1 heterocycles. The molecule has 3 amide bonds. The molecule has 1 aromatic carbocycles. The first kappa shape index (κ1) is 15.4. The van der Waals surface area contributed by atoms with Crippen LogP contribution in [0.15, 0.2) is 29.6 Å². The molecule has 4 N–H and O–H groups in total. The van der Waals surface area contributed by atoms with Gasteiger partial charge in [0.15, 0.2) is 5.13 Å². The van der Waals surface area contributed by atoms with Crippen molar-refractivity contribution in [3.05, 3.63) is 35.3 Å². The fourth-order valence-corrected chi connectivity index (χ4v) is 2.28. The summed E-state index contributed by atoms with van der Waals surface area (Å²) in [6.45, 7) is 1.36. The number of amides is 3. The van der Waals surface area contributed by atoms with Crippen LogP contribution in [-0.2, 0) is 4.79 Å². The average Bonchev–Trinajstić information content (AvgIpc) is 2.88. The zero-order valence-electron chi connectivity index (χ0n) is 11.4. The summed E-state index contributed by atoms with van der Waals surface area (Å²) in [6, 6.07) is 6.16. The van der Waals surface area contributed by atoms with Crippen molar-refractivity contribution in [2.45, 2.75) is 6.92 Å². The summed E-state index contributed by atoms with van der Waals surface area (Å²) >= 11 is 1.15. The second-order valence-corrected chi connectivity index (χ2v) is 5.04. The molecule has 1 aromatic heterocycles. The van der Waals surface area contributed by atoms with Gasteiger partial charge in [0.05, 0.1) is 0 Å². The highest BCUT2D eigenvalue weighted by Crippen LogP contribution is 2.18. The van der Waals surface area contributed by atoms with Gasteiger partial charge in [0, 0.05) is 23.7 Å². The second-order valence-electron chi connectivity index (χ2n) is 4.18. The molecule has 0 radical (unpaired) electrons. The SMILES string of the molecule is CC(=O)Nc1nc(C(=O)Nc2ccc(NC(=O)O)cc2)cs1. The van der Waals surface area contributed by atoms with E-state index >= 15 is 0 Å². The lowest BCUT2D eigenvalue weighted by Crippen LogP contribution is -2.13. The molecule has 0 spiro atoms. The lowest BCUT2D eigenvalue weighted by atomic mass is 10.2. The third-order valence-electron chi connectivity index (χ3n) is 2.41. The lowest BCUT2D eigenvalue weighted by Gasteiger charge is -2.05. The van der Waals surface area contributed by atoms with E-state index in [9.17, 15) is 14.4 Å². The van der Waals surface area contributed by atoms with Crippen molar-refractivity contribution in [3.8, 4) is 0 Å². The summed E-state index contributed by atoms with van der Waals surface area (Å²) in [7, 11) is 0. The Balaban J connectivity index is 2.00. The van der Waals surface area contributed by atoms with Crippen molar-refractivity contribution < 1.29 is 19.5 Å². The summed E-state index contributed by atoms with van der Waals surface area (Å²) in [5.41, 5.74) is 1.07. The molecule has 2 aromatic rings. The van der Waals surface area contributed by atoms with Crippen LogP contribution in [0.4, 0.5) is 21.3 Å². The van der Waals surface area contributed by atoms with Gasteiger partial charge >= 0.3 is 6.09 Å². The number of hydrogen-bond acceptors (Lipinski definition) is 5. The number of benzene rings is 1. The predicted octanol–water partition coefficient (Wildman–Crippen LogP) is 2.44. The molecule has 114 valence electrons. The first-order valence-corrected chi connectivity index (χ1v) is 6.96. The predicted molar refractivity (Wildman–Crippen MR) is 82.5 cm³/mol. The Morgan fingerprint density at radius 2 is 1.64 bits per heavy atom. The Bertz CT molecular complexity index is 711. The highest BCUT2D eigenvalue weighted by atomic mass is 32.1. The van der Waals surface area contributed by atoms with Crippen molar-refractivity contribution in [1.82, 2.24) is 4.98 Å². The zero-order chi connectivity index (χ0) is 16.1. The number of nitrogens with zero attached hydrogens (tertiary/aromatic N) is 1. The highest BCUT2D eigenvalue weighted by Gasteiger charge is 2.11. The maximum Gasteiger partial charge on any atom is 0.409 e. The summed E-state index contributed by atoms with van der Waals surface area (Å²) in [5, 5.41) is 17.8. The summed E-state index contributed by atoms with van der Waals surface area (Å²) in [4.78, 5) is 37.4.